The van der Waals surface area contributed by atoms with Crippen molar-refractivity contribution in [3.8, 4) is 11.5 Å². The van der Waals surface area contributed by atoms with E-state index in [2.05, 4.69) is 33.4 Å². The number of phenolic OH excluding ortho intramolecular Hbond substituents is 1. The Labute approximate surface area is 229 Å². The van der Waals surface area contributed by atoms with Crippen LogP contribution in [0.25, 0.3) is 0 Å². The molecular formula is C31H48O7. The number of ether oxygens (including phenoxy) is 5. The normalized spacial score (nSPS) is 19.3. The fourth-order valence-electron chi connectivity index (χ4n) is 4.72. The number of hydrogen-bond acceptors (Lipinski definition) is 7. The van der Waals surface area contributed by atoms with E-state index in [0.29, 0.717) is 44.3 Å². The molecule has 2 unspecified atom stereocenters. The van der Waals surface area contributed by atoms with Crippen LogP contribution in [0.2, 0.25) is 0 Å². The first-order valence-corrected chi connectivity index (χ1v) is 13.8. The van der Waals surface area contributed by atoms with Crippen LogP contribution in [0, 0.1) is 5.41 Å². The summed E-state index contributed by atoms with van der Waals surface area (Å²) in [6, 6.07) is 3.73. The Morgan fingerprint density at radius 1 is 1.08 bits per heavy atom. The smallest absolute Gasteiger partial charge is 0.337 e. The van der Waals surface area contributed by atoms with Crippen LogP contribution < -0.4 is 4.74 Å². The molecular weight excluding hydrogens is 484 g/mol. The molecule has 1 aromatic rings. The number of unbranched alkanes of at least 4 members (excludes halogenated alkanes) is 2. The molecule has 0 fully saturated rings. The van der Waals surface area contributed by atoms with E-state index in [1.807, 2.05) is 19.1 Å². The first kappa shape index (κ1) is 32.0. The van der Waals surface area contributed by atoms with Gasteiger partial charge in [0, 0.05) is 18.6 Å². The second-order valence-electron chi connectivity index (χ2n) is 10.4. The SMILES string of the molecule is C=C(C)C1(C)CCC(C)=CC1c1c(O)cc(CCCCC)cc1OC(=O)COCCOCCOCCOC. The predicted molar refractivity (Wildman–Crippen MR) is 150 cm³/mol. The van der Waals surface area contributed by atoms with Gasteiger partial charge in [-0.05, 0) is 62.6 Å². The Morgan fingerprint density at radius 2 is 1.74 bits per heavy atom. The van der Waals surface area contributed by atoms with Crippen LogP contribution in [0.1, 0.15) is 76.8 Å². The zero-order valence-electron chi connectivity index (χ0n) is 24.1. The molecule has 1 N–H and O–H groups in total. The summed E-state index contributed by atoms with van der Waals surface area (Å²) in [4.78, 5) is 12.8. The van der Waals surface area contributed by atoms with Gasteiger partial charge in [0.1, 0.15) is 18.1 Å². The maximum atomic E-state index is 12.8. The first-order chi connectivity index (χ1) is 18.2. The zero-order chi connectivity index (χ0) is 28.0. The van der Waals surface area contributed by atoms with Crippen molar-refractivity contribution < 1.29 is 33.6 Å². The quantitative estimate of drug-likeness (QED) is 0.105. The van der Waals surface area contributed by atoms with Crippen molar-refractivity contribution in [2.24, 2.45) is 5.41 Å². The number of methoxy groups -OCH3 is 1. The molecule has 0 heterocycles. The highest BCUT2D eigenvalue weighted by atomic mass is 16.6. The highest BCUT2D eigenvalue weighted by Gasteiger charge is 2.40. The summed E-state index contributed by atoms with van der Waals surface area (Å²) < 4.78 is 27.1. The summed E-state index contributed by atoms with van der Waals surface area (Å²) in [6.07, 6.45) is 8.11. The number of carbonyl (C=O) groups is 1. The van der Waals surface area contributed by atoms with E-state index in [4.69, 9.17) is 23.7 Å². The lowest BCUT2D eigenvalue weighted by atomic mass is 9.63. The summed E-state index contributed by atoms with van der Waals surface area (Å²) in [7, 11) is 1.63. The Morgan fingerprint density at radius 3 is 2.37 bits per heavy atom. The molecule has 0 aliphatic heterocycles. The minimum Gasteiger partial charge on any atom is -0.507 e. The Hall–Kier alpha value is -2.19. The minimum atomic E-state index is -0.507. The largest absolute Gasteiger partial charge is 0.507 e. The molecule has 0 radical (unpaired) electrons. The van der Waals surface area contributed by atoms with Gasteiger partial charge in [0.2, 0.25) is 0 Å². The van der Waals surface area contributed by atoms with Crippen molar-refractivity contribution in [1.82, 2.24) is 0 Å². The van der Waals surface area contributed by atoms with Crippen LogP contribution in [0.3, 0.4) is 0 Å². The number of aryl methyl sites for hydroxylation is 1. The first-order valence-electron chi connectivity index (χ1n) is 13.8. The number of phenols is 1. The van der Waals surface area contributed by atoms with E-state index in [0.717, 1.165) is 49.7 Å². The monoisotopic (exact) mass is 532 g/mol. The van der Waals surface area contributed by atoms with Gasteiger partial charge in [0.15, 0.2) is 0 Å². The molecule has 214 valence electrons. The van der Waals surface area contributed by atoms with Crippen molar-refractivity contribution in [2.45, 2.75) is 72.1 Å². The van der Waals surface area contributed by atoms with Crippen LogP contribution in [0.5, 0.6) is 11.5 Å². The number of hydrogen-bond donors (Lipinski definition) is 1. The third kappa shape index (κ3) is 9.84. The lowest BCUT2D eigenvalue weighted by Gasteiger charge is -2.41. The Kier molecular flexibility index (Phi) is 14.1. The van der Waals surface area contributed by atoms with Gasteiger partial charge in [0.05, 0.1) is 39.6 Å². The van der Waals surface area contributed by atoms with E-state index in [-0.39, 0.29) is 30.3 Å². The molecule has 0 saturated carbocycles. The fourth-order valence-corrected chi connectivity index (χ4v) is 4.72. The van der Waals surface area contributed by atoms with Crippen LogP contribution in [-0.4, -0.2) is 64.4 Å². The molecule has 2 rings (SSSR count). The van der Waals surface area contributed by atoms with Gasteiger partial charge in [-0.1, -0.05) is 50.5 Å². The van der Waals surface area contributed by atoms with Crippen molar-refractivity contribution in [2.75, 3.05) is 53.4 Å². The van der Waals surface area contributed by atoms with Crippen molar-refractivity contribution in [1.29, 1.82) is 0 Å². The number of esters is 1. The standard InChI is InChI=1S/C31H48O7/c1-7-8-9-10-25-20-27(32)30(26-19-24(4)11-12-31(26,5)23(2)3)28(21-25)38-29(33)22-37-18-17-36-16-15-35-14-13-34-6/h19-21,26,32H,2,7-18,22H2,1,3-6H3. The van der Waals surface area contributed by atoms with Gasteiger partial charge in [-0.15, -0.1) is 0 Å². The average Bonchev–Trinajstić information content (AvgIpc) is 2.87. The summed E-state index contributed by atoms with van der Waals surface area (Å²) in [5.41, 5.74) is 3.63. The molecule has 0 saturated heterocycles. The molecule has 0 amide bonds. The molecule has 7 nitrogen and oxygen atoms in total. The van der Waals surface area contributed by atoms with Crippen molar-refractivity contribution in [3.63, 3.8) is 0 Å². The molecule has 7 heteroatoms. The number of aromatic hydroxyl groups is 1. The van der Waals surface area contributed by atoms with Gasteiger partial charge in [-0.25, -0.2) is 4.79 Å². The number of benzene rings is 1. The zero-order valence-corrected chi connectivity index (χ0v) is 24.1. The summed E-state index contributed by atoms with van der Waals surface area (Å²) in [6.45, 7) is 15.2. The van der Waals surface area contributed by atoms with Gasteiger partial charge < -0.3 is 28.8 Å². The van der Waals surface area contributed by atoms with E-state index >= 15 is 0 Å². The Balaban J connectivity index is 2.10. The summed E-state index contributed by atoms with van der Waals surface area (Å²) >= 11 is 0. The van der Waals surface area contributed by atoms with Gasteiger partial charge >= 0.3 is 5.97 Å². The maximum Gasteiger partial charge on any atom is 0.337 e. The number of allylic oxidation sites excluding steroid dienone is 3. The maximum absolute atomic E-state index is 12.8. The van der Waals surface area contributed by atoms with Gasteiger partial charge in [-0.2, -0.15) is 0 Å². The third-order valence-corrected chi connectivity index (χ3v) is 7.33. The highest BCUT2D eigenvalue weighted by molar-refractivity contribution is 5.75. The van der Waals surface area contributed by atoms with Crippen LogP contribution in [-0.2, 0) is 30.2 Å². The fraction of sp³-hybridized carbons (Fsp3) is 0.645. The van der Waals surface area contributed by atoms with E-state index in [9.17, 15) is 9.90 Å². The number of rotatable bonds is 18. The van der Waals surface area contributed by atoms with Crippen LogP contribution in [0.4, 0.5) is 0 Å². The highest BCUT2D eigenvalue weighted by Crippen LogP contribution is 2.54. The topological polar surface area (TPSA) is 83.5 Å². The Bertz CT molecular complexity index is 923. The van der Waals surface area contributed by atoms with Crippen LogP contribution in [0.15, 0.2) is 35.9 Å². The molecule has 0 bridgehead atoms. The molecule has 1 aliphatic rings. The minimum absolute atomic E-state index is 0.151. The predicted octanol–water partition coefficient (Wildman–Crippen LogP) is 6.13. The average molecular weight is 533 g/mol. The lowest BCUT2D eigenvalue weighted by Crippen LogP contribution is -2.29. The lowest BCUT2D eigenvalue weighted by molar-refractivity contribution is -0.140. The van der Waals surface area contributed by atoms with Crippen molar-refractivity contribution >= 4 is 5.97 Å². The molecule has 1 aliphatic carbocycles. The summed E-state index contributed by atoms with van der Waals surface area (Å²) in [5, 5.41) is 11.2. The van der Waals surface area contributed by atoms with Gasteiger partial charge in [-0.3, -0.25) is 0 Å². The second-order valence-corrected chi connectivity index (χ2v) is 10.4. The van der Waals surface area contributed by atoms with E-state index in [1.165, 1.54) is 5.57 Å². The third-order valence-electron chi connectivity index (χ3n) is 7.33. The van der Waals surface area contributed by atoms with E-state index in [1.54, 1.807) is 7.11 Å². The molecule has 0 spiro atoms. The van der Waals surface area contributed by atoms with Crippen molar-refractivity contribution in [3.05, 3.63) is 47.1 Å². The molecule has 0 aromatic heterocycles. The second kappa shape index (κ2) is 16.7. The summed E-state index contributed by atoms with van der Waals surface area (Å²) in [5.74, 6) is -0.0975. The molecule has 1 aromatic carbocycles. The van der Waals surface area contributed by atoms with Gasteiger partial charge in [0.25, 0.3) is 0 Å². The molecule has 2 atom stereocenters. The molecule has 38 heavy (non-hydrogen) atoms. The van der Waals surface area contributed by atoms with E-state index < -0.39 is 5.97 Å². The number of carbonyl (C=O) groups excluding carboxylic acids is 1. The van der Waals surface area contributed by atoms with Crippen LogP contribution >= 0.6 is 0 Å².